The predicted octanol–water partition coefficient (Wildman–Crippen LogP) is 3.16. The van der Waals surface area contributed by atoms with Gasteiger partial charge < -0.3 is 4.90 Å². The van der Waals surface area contributed by atoms with Gasteiger partial charge in [-0.1, -0.05) is 43.2 Å². The molecule has 9 heteroatoms. The summed E-state index contributed by atoms with van der Waals surface area (Å²) in [5, 5.41) is 13.8. The SMILES string of the molecule is O=C1NC(=O)[C@@]2(Cc3cc([N+](=O)[O-])ccc3N3CCCCC[C@H]32)C(=O)N1Cc1ccccc1. The summed E-state index contributed by atoms with van der Waals surface area (Å²) < 4.78 is 0. The molecular formula is C24H24N4O5. The number of hydrogen-bond donors (Lipinski definition) is 1. The summed E-state index contributed by atoms with van der Waals surface area (Å²) in [6.45, 7) is 0.694. The van der Waals surface area contributed by atoms with Crippen LogP contribution in [0.15, 0.2) is 48.5 Å². The van der Waals surface area contributed by atoms with Gasteiger partial charge in [-0.3, -0.25) is 29.9 Å². The molecule has 2 aromatic carbocycles. The van der Waals surface area contributed by atoms with Crippen LogP contribution in [0, 0.1) is 15.5 Å². The summed E-state index contributed by atoms with van der Waals surface area (Å²) >= 11 is 0. The van der Waals surface area contributed by atoms with E-state index in [2.05, 4.69) is 10.2 Å². The molecule has 1 spiro atoms. The van der Waals surface area contributed by atoms with E-state index in [0.29, 0.717) is 18.5 Å². The maximum atomic E-state index is 14.0. The van der Waals surface area contributed by atoms with E-state index in [1.807, 2.05) is 30.3 Å². The number of rotatable bonds is 3. The molecule has 2 saturated heterocycles. The average molecular weight is 448 g/mol. The van der Waals surface area contributed by atoms with Crippen LogP contribution in [0.2, 0.25) is 0 Å². The molecule has 1 N–H and O–H groups in total. The Morgan fingerprint density at radius 3 is 2.61 bits per heavy atom. The number of nitro benzene ring substituents is 1. The summed E-state index contributed by atoms with van der Waals surface area (Å²) in [6, 6.07) is 12.6. The van der Waals surface area contributed by atoms with E-state index in [-0.39, 0.29) is 18.7 Å². The molecule has 9 nitrogen and oxygen atoms in total. The van der Waals surface area contributed by atoms with Crippen LogP contribution < -0.4 is 10.2 Å². The maximum absolute atomic E-state index is 14.0. The quantitative estimate of drug-likeness (QED) is 0.438. The molecule has 0 unspecified atom stereocenters. The first kappa shape index (κ1) is 21.1. The topological polar surface area (TPSA) is 113 Å². The number of nitrogens with one attached hydrogen (secondary N) is 1. The highest BCUT2D eigenvalue weighted by Crippen LogP contribution is 2.48. The third-order valence-electron chi connectivity index (χ3n) is 7.06. The van der Waals surface area contributed by atoms with Gasteiger partial charge in [0.05, 0.1) is 17.5 Å². The Labute approximate surface area is 190 Å². The number of carbonyl (C=O) groups excluding carboxylic acids is 3. The predicted molar refractivity (Wildman–Crippen MR) is 119 cm³/mol. The number of imide groups is 2. The van der Waals surface area contributed by atoms with E-state index in [1.54, 1.807) is 6.07 Å². The number of nitrogens with zero attached hydrogens (tertiary/aromatic N) is 3. The Kier molecular flexibility index (Phi) is 5.11. The number of anilines is 1. The van der Waals surface area contributed by atoms with Gasteiger partial charge in [0.15, 0.2) is 5.41 Å². The molecular weight excluding hydrogens is 424 g/mol. The van der Waals surface area contributed by atoms with Crippen LogP contribution in [0.4, 0.5) is 16.2 Å². The van der Waals surface area contributed by atoms with Crippen molar-refractivity contribution in [1.29, 1.82) is 0 Å². The normalized spacial score (nSPS) is 24.7. The van der Waals surface area contributed by atoms with Crippen molar-refractivity contribution in [2.24, 2.45) is 5.41 Å². The van der Waals surface area contributed by atoms with Gasteiger partial charge in [-0.25, -0.2) is 4.79 Å². The number of barbiturate groups is 1. The van der Waals surface area contributed by atoms with Crippen LogP contribution in [0.1, 0.15) is 36.8 Å². The largest absolute Gasteiger partial charge is 0.367 e. The van der Waals surface area contributed by atoms with Gasteiger partial charge in [-0.15, -0.1) is 0 Å². The summed E-state index contributed by atoms with van der Waals surface area (Å²) in [5.74, 6) is -1.15. The second kappa shape index (κ2) is 7.99. The first-order valence-corrected chi connectivity index (χ1v) is 11.2. The lowest BCUT2D eigenvalue weighted by Gasteiger charge is -2.51. The number of hydrogen-bond acceptors (Lipinski definition) is 6. The van der Waals surface area contributed by atoms with Crippen molar-refractivity contribution in [2.45, 2.75) is 44.7 Å². The molecule has 0 bridgehead atoms. The van der Waals surface area contributed by atoms with Crippen molar-refractivity contribution in [3.05, 3.63) is 69.8 Å². The number of nitro groups is 1. The fourth-order valence-electron chi connectivity index (χ4n) is 5.50. The van der Waals surface area contributed by atoms with E-state index in [0.717, 1.165) is 35.4 Å². The number of fused-ring (bicyclic) bond motifs is 4. The Morgan fingerprint density at radius 1 is 1.06 bits per heavy atom. The molecule has 33 heavy (non-hydrogen) atoms. The molecule has 5 rings (SSSR count). The van der Waals surface area contributed by atoms with E-state index in [9.17, 15) is 24.5 Å². The molecule has 0 aliphatic carbocycles. The van der Waals surface area contributed by atoms with Crippen LogP contribution in [0.3, 0.4) is 0 Å². The van der Waals surface area contributed by atoms with E-state index in [4.69, 9.17) is 0 Å². The lowest BCUT2D eigenvalue weighted by molar-refractivity contribution is -0.384. The van der Waals surface area contributed by atoms with Crippen molar-refractivity contribution in [3.8, 4) is 0 Å². The number of urea groups is 1. The Hall–Kier alpha value is -3.75. The lowest BCUT2D eigenvalue weighted by Crippen LogP contribution is -2.71. The van der Waals surface area contributed by atoms with Crippen molar-refractivity contribution < 1.29 is 19.3 Å². The van der Waals surface area contributed by atoms with Crippen LogP contribution in [-0.2, 0) is 22.6 Å². The van der Waals surface area contributed by atoms with Crippen molar-refractivity contribution in [3.63, 3.8) is 0 Å². The zero-order valence-corrected chi connectivity index (χ0v) is 18.0. The molecule has 4 amide bonds. The number of benzene rings is 2. The van der Waals surface area contributed by atoms with Crippen molar-refractivity contribution in [2.75, 3.05) is 11.4 Å². The van der Waals surface area contributed by atoms with Crippen LogP contribution in [-0.4, -0.2) is 40.3 Å². The van der Waals surface area contributed by atoms with E-state index >= 15 is 0 Å². The summed E-state index contributed by atoms with van der Waals surface area (Å²) in [5.41, 5.74) is 0.577. The van der Waals surface area contributed by atoms with Gasteiger partial charge in [0.1, 0.15) is 0 Å². The minimum atomic E-state index is -1.52. The molecule has 3 aliphatic rings. The van der Waals surface area contributed by atoms with Crippen LogP contribution >= 0.6 is 0 Å². The molecule has 0 aromatic heterocycles. The molecule has 3 aliphatic heterocycles. The first-order chi connectivity index (χ1) is 15.9. The Balaban J connectivity index is 1.62. The van der Waals surface area contributed by atoms with E-state index < -0.39 is 34.2 Å². The number of amides is 4. The molecule has 2 fully saturated rings. The molecule has 0 radical (unpaired) electrons. The smallest absolute Gasteiger partial charge is 0.331 e. The number of non-ortho nitro benzene ring substituents is 1. The van der Waals surface area contributed by atoms with Gasteiger partial charge in [-0.05, 0) is 30.0 Å². The highest BCUT2D eigenvalue weighted by molar-refractivity contribution is 6.20. The van der Waals surface area contributed by atoms with Gasteiger partial charge in [0.25, 0.3) is 5.69 Å². The standard InChI is InChI=1S/C24H24N4O5/c29-21-24(22(30)27(23(31)25-21)15-16-7-3-1-4-8-16)14-17-13-18(28(32)33)10-11-19(17)26-12-6-2-5-9-20(24)26/h1,3-4,7-8,10-11,13,20H,2,5-6,9,12,14-15H2,(H,25,29,31)/t20-,24-/m0/s1. The monoisotopic (exact) mass is 448 g/mol. The molecule has 3 heterocycles. The van der Waals surface area contributed by atoms with Gasteiger partial charge in [0.2, 0.25) is 11.8 Å². The highest BCUT2D eigenvalue weighted by atomic mass is 16.6. The first-order valence-electron chi connectivity index (χ1n) is 11.2. The fraction of sp³-hybridized carbons (Fsp3) is 0.375. The summed E-state index contributed by atoms with van der Waals surface area (Å²) in [7, 11) is 0. The van der Waals surface area contributed by atoms with Crippen LogP contribution in [0.5, 0.6) is 0 Å². The highest BCUT2D eigenvalue weighted by Gasteiger charge is 2.61. The zero-order valence-electron chi connectivity index (χ0n) is 18.0. The van der Waals surface area contributed by atoms with Gasteiger partial charge in [0, 0.05) is 30.8 Å². The Morgan fingerprint density at radius 2 is 1.85 bits per heavy atom. The van der Waals surface area contributed by atoms with Gasteiger partial charge in [-0.2, -0.15) is 0 Å². The second-order valence-electron chi connectivity index (χ2n) is 8.91. The van der Waals surface area contributed by atoms with E-state index in [1.165, 1.54) is 12.1 Å². The summed E-state index contributed by atoms with van der Waals surface area (Å²) in [4.78, 5) is 54.3. The lowest BCUT2D eigenvalue weighted by atomic mass is 9.67. The Bertz CT molecular complexity index is 1150. The minimum absolute atomic E-state index is 0.0222. The maximum Gasteiger partial charge on any atom is 0.331 e. The molecule has 2 atom stereocenters. The van der Waals surface area contributed by atoms with Crippen molar-refractivity contribution >= 4 is 29.2 Å². The fourth-order valence-corrected chi connectivity index (χ4v) is 5.50. The van der Waals surface area contributed by atoms with Gasteiger partial charge >= 0.3 is 6.03 Å². The third-order valence-corrected chi connectivity index (χ3v) is 7.06. The third kappa shape index (κ3) is 3.35. The van der Waals surface area contributed by atoms with Crippen molar-refractivity contribution in [1.82, 2.24) is 10.2 Å². The average Bonchev–Trinajstić information content (AvgIpc) is 3.07. The molecule has 170 valence electrons. The second-order valence-corrected chi connectivity index (χ2v) is 8.91. The summed E-state index contributed by atoms with van der Waals surface area (Å²) in [6.07, 6.45) is 3.37. The number of carbonyl (C=O) groups is 3. The minimum Gasteiger partial charge on any atom is -0.367 e. The molecule has 0 saturated carbocycles. The molecule has 2 aromatic rings. The zero-order chi connectivity index (χ0) is 23.2. The van der Waals surface area contributed by atoms with Crippen LogP contribution in [0.25, 0.3) is 0 Å².